The zero-order valence-corrected chi connectivity index (χ0v) is 11.1. The molecule has 0 amide bonds. The van der Waals surface area contributed by atoms with Crippen molar-refractivity contribution in [3.8, 4) is 0 Å². The second-order valence-electron chi connectivity index (χ2n) is 4.70. The van der Waals surface area contributed by atoms with Gasteiger partial charge in [-0.3, -0.25) is 0 Å². The third kappa shape index (κ3) is 3.90. The standard InChI is InChI=1S/C14H20ClNO/c1-16(8-9-17-11-12-6-7-12)14-5-3-2-4-13(14)10-15/h2-5,12H,6-11H2,1H3. The van der Waals surface area contributed by atoms with Gasteiger partial charge in [0.2, 0.25) is 0 Å². The molecule has 0 spiro atoms. The first-order chi connectivity index (χ1) is 8.31. The average Bonchev–Trinajstić information content (AvgIpc) is 3.18. The first-order valence-corrected chi connectivity index (χ1v) is 6.77. The van der Waals surface area contributed by atoms with Gasteiger partial charge in [-0.25, -0.2) is 0 Å². The molecule has 0 unspecified atom stereocenters. The number of ether oxygens (including phenoxy) is 1. The summed E-state index contributed by atoms with van der Waals surface area (Å²) < 4.78 is 5.65. The predicted molar refractivity (Wildman–Crippen MR) is 72.8 cm³/mol. The van der Waals surface area contributed by atoms with Crippen LogP contribution < -0.4 is 4.90 Å². The van der Waals surface area contributed by atoms with Crippen molar-refractivity contribution in [3.05, 3.63) is 29.8 Å². The largest absolute Gasteiger partial charge is 0.379 e. The Morgan fingerprint density at radius 3 is 2.82 bits per heavy atom. The monoisotopic (exact) mass is 253 g/mol. The molecule has 1 fully saturated rings. The molecule has 17 heavy (non-hydrogen) atoms. The zero-order chi connectivity index (χ0) is 12.1. The maximum Gasteiger partial charge on any atom is 0.0641 e. The molecule has 1 saturated carbocycles. The maximum absolute atomic E-state index is 5.93. The van der Waals surface area contributed by atoms with Gasteiger partial charge in [-0.15, -0.1) is 11.6 Å². The lowest BCUT2D eigenvalue weighted by Gasteiger charge is -2.21. The van der Waals surface area contributed by atoms with E-state index in [0.29, 0.717) is 5.88 Å². The molecule has 0 aliphatic heterocycles. The van der Waals surface area contributed by atoms with Gasteiger partial charge in [0.1, 0.15) is 0 Å². The van der Waals surface area contributed by atoms with E-state index in [1.54, 1.807) is 0 Å². The highest BCUT2D eigenvalue weighted by Crippen LogP contribution is 2.28. The Morgan fingerprint density at radius 2 is 2.12 bits per heavy atom. The molecule has 0 bridgehead atoms. The minimum Gasteiger partial charge on any atom is -0.379 e. The summed E-state index contributed by atoms with van der Waals surface area (Å²) in [5, 5.41) is 0. The van der Waals surface area contributed by atoms with Gasteiger partial charge in [0, 0.05) is 31.8 Å². The van der Waals surface area contributed by atoms with E-state index in [1.165, 1.54) is 24.1 Å². The molecule has 0 atom stereocenters. The Labute approximate surface area is 109 Å². The van der Waals surface area contributed by atoms with E-state index < -0.39 is 0 Å². The second-order valence-corrected chi connectivity index (χ2v) is 4.97. The van der Waals surface area contributed by atoms with Gasteiger partial charge in [-0.2, -0.15) is 0 Å². The van der Waals surface area contributed by atoms with E-state index in [2.05, 4.69) is 24.1 Å². The Morgan fingerprint density at radius 1 is 1.35 bits per heavy atom. The summed E-state index contributed by atoms with van der Waals surface area (Å²) in [5.74, 6) is 1.40. The number of hydrogen-bond acceptors (Lipinski definition) is 2. The first kappa shape index (κ1) is 12.7. The van der Waals surface area contributed by atoms with E-state index in [1.807, 2.05) is 12.1 Å². The van der Waals surface area contributed by atoms with Gasteiger partial charge < -0.3 is 9.64 Å². The molecule has 2 rings (SSSR count). The van der Waals surface area contributed by atoms with E-state index >= 15 is 0 Å². The fraction of sp³-hybridized carbons (Fsp3) is 0.571. The number of para-hydroxylation sites is 1. The minimum atomic E-state index is 0.559. The third-order valence-electron chi connectivity index (χ3n) is 3.17. The highest BCUT2D eigenvalue weighted by atomic mass is 35.5. The first-order valence-electron chi connectivity index (χ1n) is 6.24. The van der Waals surface area contributed by atoms with Crippen LogP contribution in [0.4, 0.5) is 5.69 Å². The number of halogens is 1. The molecule has 1 aromatic rings. The van der Waals surface area contributed by atoms with Gasteiger partial charge in [-0.05, 0) is 30.4 Å². The summed E-state index contributed by atoms with van der Waals surface area (Å²) in [6.45, 7) is 2.65. The van der Waals surface area contributed by atoms with Gasteiger partial charge in [-0.1, -0.05) is 18.2 Å². The Bertz CT molecular complexity index is 352. The lowest BCUT2D eigenvalue weighted by molar-refractivity contribution is 0.131. The molecule has 1 aromatic carbocycles. The van der Waals surface area contributed by atoms with Crippen molar-refractivity contribution < 1.29 is 4.74 Å². The van der Waals surface area contributed by atoms with Gasteiger partial charge in [0.15, 0.2) is 0 Å². The molecule has 0 heterocycles. The number of anilines is 1. The Kier molecular flexibility index (Phi) is 4.69. The molecule has 2 nitrogen and oxygen atoms in total. The number of rotatable bonds is 7. The molecule has 94 valence electrons. The van der Waals surface area contributed by atoms with Crippen LogP contribution in [0.25, 0.3) is 0 Å². The highest BCUT2D eigenvalue weighted by Gasteiger charge is 2.21. The SMILES string of the molecule is CN(CCOCC1CC1)c1ccccc1CCl. The third-order valence-corrected chi connectivity index (χ3v) is 3.46. The molecule has 0 saturated heterocycles. The summed E-state index contributed by atoms with van der Waals surface area (Å²) in [4.78, 5) is 2.21. The fourth-order valence-corrected chi connectivity index (χ4v) is 2.08. The molecular weight excluding hydrogens is 234 g/mol. The van der Waals surface area contributed by atoms with Gasteiger partial charge >= 0.3 is 0 Å². The average molecular weight is 254 g/mol. The maximum atomic E-state index is 5.93. The van der Waals surface area contributed by atoms with Crippen molar-refractivity contribution in [1.82, 2.24) is 0 Å². The molecule has 1 aliphatic rings. The van der Waals surface area contributed by atoms with Crippen molar-refractivity contribution in [2.45, 2.75) is 18.7 Å². The van der Waals surface area contributed by atoms with Crippen LogP contribution in [0.15, 0.2) is 24.3 Å². The summed E-state index contributed by atoms with van der Waals surface area (Å²) in [7, 11) is 2.09. The number of likely N-dealkylation sites (N-methyl/N-ethyl adjacent to an activating group) is 1. The van der Waals surface area contributed by atoms with Crippen molar-refractivity contribution >= 4 is 17.3 Å². The Hall–Kier alpha value is -0.730. The van der Waals surface area contributed by atoms with Crippen molar-refractivity contribution in [2.24, 2.45) is 5.92 Å². The van der Waals surface area contributed by atoms with Crippen molar-refractivity contribution in [1.29, 1.82) is 0 Å². The Balaban J connectivity index is 1.78. The molecule has 0 radical (unpaired) electrons. The van der Waals surface area contributed by atoms with Crippen molar-refractivity contribution in [2.75, 3.05) is 31.7 Å². The van der Waals surface area contributed by atoms with E-state index in [4.69, 9.17) is 16.3 Å². The molecule has 3 heteroatoms. The summed E-state index contributed by atoms with van der Waals surface area (Å²) in [5.41, 5.74) is 2.39. The number of benzene rings is 1. The molecule has 1 aliphatic carbocycles. The van der Waals surface area contributed by atoms with Crippen LogP contribution in [-0.2, 0) is 10.6 Å². The molecular formula is C14H20ClNO. The fourth-order valence-electron chi connectivity index (χ4n) is 1.85. The smallest absolute Gasteiger partial charge is 0.0641 e. The van der Waals surface area contributed by atoms with Crippen LogP contribution in [0.5, 0.6) is 0 Å². The highest BCUT2D eigenvalue weighted by molar-refractivity contribution is 6.17. The quantitative estimate of drug-likeness (QED) is 0.546. The van der Waals surface area contributed by atoms with E-state index in [9.17, 15) is 0 Å². The van der Waals surface area contributed by atoms with Crippen LogP contribution in [0.1, 0.15) is 18.4 Å². The van der Waals surface area contributed by atoms with Gasteiger partial charge in [0.05, 0.1) is 6.61 Å². The lowest BCUT2D eigenvalue weighted by atomic mass is 10.2. The minimum absolute atomic E-state index is 0.559. The summed E-state index contributed by atoms with van der Waals surface area (Å²) in [6.07, 6.45) is 2.70. The number of alkyl halides is 1. The predicted octanol–water partition coefficient (Wildman–Crippen LogP) is 3.29. The molecule has 0 N–H and O–H groups in total. The number of nitrogens with zero attached hydrogens (tertiary/aromatic N) is 1. The van der Waals surface area contributed by atoms with E-state index in [-0.39, 0.29) is 0 Å². The van der Waals surface area contributed by atoms with Crippen LogP contribution in [0.2, 0.25) is 0 Å². The van der Waals surface area contributed by atoms with Crippen LogP contribution in [0, 0.1) is 5.92 Å². The van der Waals surface area contributed by atoms with Crippen LogP contribution in [0.3, 0.4) is 0 Å². The number of hydrogen-bond donors (Lipinski definition) is 0. The lowest BCUT2D eigenvalue weighted by Crippen LogP contribution is -2.23. The van der Waals surface area contributed by atoms with Crippen LogP contribution >= 0.6 is 11.6 Å². The van der Waals surface area contributed by atoms with Crippen LogP contribution in [-0.4, -0.2) is 26.8 Å². The topological polar surface area (TPSA) is 12.5 Å². The van der Waals surface area contributed by atoms with Crippen molar-refractivity contribution in [3.63, 3.8) is 0 Å². The zero-order valence-electron chi connectivity index (χ0n) is 10.4. The second kappa shape index (κ2) is 6.27. The summed E-state index contributed by atoms with van der Waals surface area (Å²) in [6, 6.07) is 8.26. The normalized spacial score (nSPS) is 14.9. The summed E-state index contributed by atoms with van der Waals surface area (Å²) >= 11 is 5.93. The molecule has 0 aromatic heterocycles. The van der Waals surface area contributed by atoms with E-state index in [0.717, 1.165) is 25.7 Å². The van der Waals surface area contributed by atoms with Gasteiger partial charge in [0.25, 0.3) is 0 Å².